The lowest BCUT2D eigenvalue weighted by molar-refractivity contribution is -0.137. The fourth-order valence-corrected chi connectivity index (χ4v) is 2.64. The number of hydrogen-bond acceptors (Lipinski definition) is 2. The van der Waals surface area contributed by atoms with Gasteiger partial charge in [0.05, 0.1) is 5.56 Å². The van der Waals surface area contributed by atoms with Gasteiger partial charge in [-0.1, -0.05) is 30.3 Å². The third-order valence-electron chi connectivity index (χ3n) is 2.70. The van der Waals surface area contributed by atoms with E-state index in [0.717, 1.165) is 17.7 Å². The van der Waals surface area contributed by atoms with Crippen molar-refractivity contribution >= 4 is 18.0 Å². The molecule has 0 fully saturated rings. The van der Waals surface area contributed by atoms with Crippen molar-refractivity contribution in [2.75, 3.05) is 0 Å². The summed E-state index contributed by atoms with van der Waals surface area (Å²) < 4.78 is 37.7. The largest absolute Gasteiger partial charge is 0.416 e. The summed E-state index contributed by atoms with van der Waals surface area (Å²) in [5.74, 6) is 0.604. The average molecular weight is 296 g/mol. The fraction of sp³-hybridized carbons (Fsp3) is 0.133. The zero-order valence-corrected chi connectivity index (χ0v) is 11.2. The van der Waals surface area contributed by atoms with Crippen LogP contribution in [0.1, 0.15) is 21.5 Å². The molecule has 0 aliphatic carbocycles. The fourth-order valence-electron chi connectivity index (χ4n) is 1.68. The quantitative estimate of drug-likeness (QED) is 0.595. The average Bonchev–Trinajstić information content (AvgIpc) is 2.45. The van der Waals surface area contributed by atoms with Gasteiger partial charge in [-0.3, -0.25) is 4.79 Å². The molecule has 0 saturated heterocycles. The highest BCUT2D eigenvalue weighted by molar-refractivity contribution is 7.98. The van der Waals surface area contributed by atoms with Crippen molar-refractivity contribution in [1.82, 2.24) is 0 Å². The molecule has 0 spiro atoms. The molecular formula is C15H11F3OS. The SMILES string of the molecule is O=Cc1cc(C(F)(F)F)ccc1SCc1ccccc1. The number of hydrogen-bond donors (Lipinski definition) is 0. The van der Waals surface area contributed by atoms with Crippen LogP contribution in [-0.4, -0.2) is 6.29 Å². The second-order valence-electron chi connectivity index (χ2n) is 4.14. The highest BCUT2D eigenvalue weighted by atomic mass is 32.2. The Morgan fingerprint density at radius 1 is 1.05 bits per heavy atom. The van der Waals surface area contributed by atoms with Crippen LogP contribution in [0.15, 0.2) is 53.4 Å². The van der Waals surface area contributed by atoms with Crippen molar-refractivity contribution in [2.45, 2.75) is 16.8 Å². The van der Waals surface area contributed by atoms with Crippen LogP contribution in [0.2, 0.25) is 0 Å². The molecule has 20 heavy (non-hydrogen) atoms. The van der Waals surface area contributed by atoms with Crippen molar-refractivity contribution < 1.29 is 18.0 Å². The molecular weight excluding hydrogens is 285 g/mol. The zero-order chi connectivity index (χ0) is 14.6. The second-order valence-corrected chi connectivity index (χ2v) is 5.16. The zero-order valence-electron chi connectivity index (χ0n) is 10.4. The minimum atomic E-state index is -4.43. The molecule has 5 heteroatoms. The maximum atomic E-state index is 12.6. The summed E-state index contributed by atoms with van der Waals surface area (Å²) in [5, 5.41) is 0. The van der Waals surface area contributed by atoms with Gasteiger partial charge in [-0.05, 0) is 23.8 Å². The van der Waals surface area contributed by atoms with Crippen molar-refractivity contribution in [3.63, 3.8) is 0 Å². The van der Waals surface area contributed by atoms with Gasteiger partial charge in [0.1, 0.15) is 0 Å². The van der Waals surface area contributed by atoms with Crippen LogP contribution in [0, 0.1) is 0 Å². The summed E-state index contributed by atoms with van der Waals surface area (Å²) in [6, 6.07) is 12.8. The number of thioether (sulfide) groups is 1. The Balaban J connectivity index is 2.18. The molecule has 104 valence electrons. The van der Waals surface area contributed by atoms with Crippen LogP contribution in [0.4, 0.5) is 13.2 Å². The summed E-state index contributed by atoms with van der Waals surface area (Å²) in [5.41, 5.74) is 0.318. The standard InChI is InChI=1S/C15H11F3OS/c16-15(17,18)13-6-7-14(12(8-13)9-19)20-10-11-4-2-1-3-5-11/h1-9H,10H2. The normalized spacial score (nSPS) is 11.3. The number of rotatable bonds is 4. The lowest BCUT2D eigenvalue weighted by Gasteiger charge is -2.10. The highest BCUT2D eigenvalue weighted by Crippen LogP contribution is 2.33. The van der Waals surface area contributed by atoms with Crippen LogP contribution in [-0.2, 0) is 11.9 Å². The van der Waals surface area contributed by atoms with E-state index in [1.54, 1.807) is 0 Å². The first-order valence-corrected chi connectivity index (χ1v) is 6.82. The van der Waals surface area contributed by atoms with E-state index in [4.69, 9.17) is 0 Å². The smallest absolute Gasteiger partial charge is 0.298 e. The Morgan fingerprint density at radius 2 is 1.75 bits per heavy atom. The van der Waals surface area contributed by atoms with E-state index >= 15 is 0 Å². The van der Waals surface area contributed by atoms with Gasteiger partial charge in [-0.2, -0.15) is 13.2 Å². The van der Waals surface area contributed by atoms with Crippen LogP contribution >= 0.6 is 11.8 Å². The minimum Gasteiger partial charge on any atom is -0.298 e. The van der Waals surface area contributed by atoms with E-state index in [9.17, 15) is 18.0 Å². The third kappa shape index (κ3) is 3.63. The van der Waals surface area contributed by atoms with Crippen molar-refractivity contribution in [2.24, 2.45) is 0 Å². The Kier molecular flexibility index (Phi) is 4.49. The highest BCUT2D eigenvalue weighted by Gasteiger charge is 2.30. The van der Waals surface area contributed by atoms with Gasteiger partial charge in [-0.25, -0.2) is 0 Å². The molecule has 0 radical (unpaired) electrons. The van der Waals surface area contributed by atoms with E-state index in [2.05, 4.69) is 0 Å². The Bertz CT molecular complexity index is 594. The topological polar surface area (TPSA) is 17.1 Å². The van der Waals surface area contributed by atoms with E-state index < -0.39 is 11.7 Å². The molecule has 2 rings (SSSR count). The Morgan fingerprint density at radius 3 is 2.35 bits per heavy atom. The maximum Gasteiger partial charge on any atom is 0.416 e. The Hall–Kier alpha value is -1.75. The van der Waals surface area contributed by atoms with Gasteiger partial charge in [0.15, 0.2) is 6.29 Å². The number of aldehydes is 1. The number of carbonyl (C=O) groups excluding carboxylic acids is 1. The minimum absolute atomic E-state index is 0.0701. The lowest BCUT2D eigenvalue weighted by atomic mass is 10.1. The lowest BCUT2D eigenvalue weighted by Crippen LogP contribution is -2.05. The van der Waals surface area contributed by atoms with Crippen molar-refractivity contribution in [3.05, 3.63) is 65.2 Å². The van der Waals surface area contributed by atoms with E-state index in [1.165, 1.54) is 17.8 Å². The predicted octanol–water partition coefficient (Wildman–Crippen LogP) is 4.81. The molecule has 0 saturated carbocycles. The van der Waals surface area contributed by atoms with E-state index in [-0.39, 0.29) is 5.56 Å². The van der Waals surface area contributed by atoms with Crippen molar-refractivity contribution in [3.8, 4) is 0 Å². The number of alkyl halides is 3. The number of carbonyl (C=O) groups is 1. The first-order chi connectivity index (χ1) is 9.50. The van der Waals surface area contributed by atoms with Crippen LogP contribution < -0.4 is 0 Å². The summed E-state index contributed by atoms with van der Waals surface area (Å²) in [6.07, 6.45) is -3.97. The third-order valence-corrected chi connectivity index (χ3v) is 3.86. The molecule has 0 aromatic heterocycles. The molecule has 0 N–H and O–H groups in total. The molecule has 0 aliphatic heterocycles. The van der Waals surface area contributed by atoms with Gasteiger partial charge >= 0.3 is 6.18 Å². The molecule has 0 amide bonds. The van der Waals surface area contributed by atoms with Crippen LogP contribution in [0.3, 0.4) is 0 Å². The first kappa shape index (κ1) is 14.7. The summed E-state index contributed by atoms with van der Waals surface area (Å²) >= 11 is 1.35. The molecule has 0 heterocycles. The van der Waals surface area contributed by atoms with Gasteiger partial charge in [0.2, 0.25) is 0 Å². The molecule has 2 aromatic rings. The Labute approximate surface area is 118 Å². The van der Waals surface area contributed by atoms with Gasteiger partial charge in [0.25, 0.3) is 0 Å². The van der Waals surface area contributed by atoms with Gasteiger partial charge in [-0.15, -0.1) is 11.8 Å². The van der Waals surface area contributed by atoms with E-state index in [0.29, 0.717) is 16.9 Å². The van der Waals surface area contributed by atoms with Crippen LogP contribution in [0.25, 0.3) is 0 Å². The monoisotopic (exact) mass is 296 g/mol. The predicted molar refractivity (Wildman–Crippen MR) is 72.8 cm³/mol. The first-order valence-electron chi connectivity index (χ1n) is 5.84. The summed E-state index contributed by atoms with van der Waals surface area (Å²) in [7, 11) is 0. The molecule has 0 unspecified atom stereocenters. The molecule has 0 aliphatic rings. The molecule has 0 atom stereocenters. The van der Waals surface area contributed by atoms with Gasteiger partial charge in [0, 0.05) is 16.2 Å². The summed E-state index contributed by atoms with van der Waals surface area (Å²) in [4.78, 5) is 11.5. The van der Waals surface area contributed by atoms with Crippen molar-refractivity contribution in [1.29, 1.82) is 0 Å². The number of benzene rings is 2. The molecule has 2 aromatic carbocycles. The molecule has 0 bridgehead atoms. The van der Waals surface area contributed by atoms with Crippen LogP contribution in [0.5, 0.6) is 0 Å². The maximum absolute atomic E-state index is 12.6. The van der Waals surface area contributed by atoms with Gasteiger partial charge < -0.3 is 0 Å². The second kappa shape index (κ2) is 6.13. The molecule has 1 nitrogen and oxygen atoms in total. The van der Waals surface area contributed by atoms with E-state index in [1.807, 2.05) is 30.3 Å². The number of halogens is 3. The summed E-state index contributed by atoms with van der Waals surface area (Å²) in [6.45, 7) is 0.